The van der Waals surface area contributed by atoms with Crippen LogP contribution in [-0.2, 0) is 6.42 Å². The van der Waals surface area contributed by atoms with E-state index in [9.17, 15) is 8.78 Å². The molecule has 0 amide bonds. The molecule has 1 aliphatic rings. The van der Waals surface area contributed by atoms with Gasteiger partial charge in [-0.2, -0.15) is 0 Å². The summed E-state index contributed by atoms with van der Waals surface area (Å²) in [6.45, 7) is 2.08. The maximum Gasteiger partial charge on any atom is 0.153 e. The fourth-order valence-corrected chi connectivity index (χ4v) is 2.84. The van der Waals surface area contributed by atoms with Gasteiger partial charge in [-0.25, -0.2) is 13.8 Å². The third-order valence-corrected chi connectivity index (χ3v) is 4.01. The molecule has 3 rings (SSSR count). The van der Waals surface area contributed by atoms with E-state index in [0.29, 0.717) is 23.7 Å². The van der Waals surface area contributed by atoms with E-state index in [0.717, 1.165) is 11.9 Å². The van der Waals surface area contributed by atoms with Gasteiger partial charge in [0.05, 0.1) is 5.52 Å². The first kappa shape index (κ1) is 12.9. The minimum absolute atomic E-state index is 0.212. The summed E-state index contributed by atoms with van der Waals surface area (Å²) >= 11 is 5.79. The lowest BCUT2D eigenvalue weighted by molar-refractivity contribution is 0.481. The fraction of sp³-hybridized carbons (Fsp3) is 0.500. The molecule has 1 heterocycles. The first-order valence-electron chi connectivity index (χ1n) is 6.53. The Hall–Kier alpha value is -1.16. The molecule has 0 radical (unpaired) electrons. The predicted molar refractivity (Wildman–Crippen MR) is 71.5 cm³/mol. The van der Waals surface area contributed by atoms with Crippen LogP contribution in [0.4, 0.5) is 8.78 Å². The van der Waals surface area contributed by atoms with E-state index in [4.69, 9.17) is 11.6 Å². The number of alkyl halides is 1. The van der Waals surface area contributed by atoms with Gasteiger partial charge >= 0.3 is 0 Å². The number of nitrogens with zero attached hydrogens (tertiary/aromatic N) is 2. The zero-order valence-corrected chi connectivity index (χ0v) is 11.4. The first-order chi connectivity index (χ1) is 9.11. The Bertz CT molecular complexity index is 619. The average molecular weight is 285 g/mol. The van der Waals surface area contributed by atoms with Gasteiger partial charge in [0, 0.05) is 24.4 Å². The highest BCUT2D eigenvalue weighted by atomic mass is 35.5. The quantitative estimate of drug-likeness (QED) is 0.774. The molecule has 0 N–H and O–H groups in total. The molecule has 0 aliphatic heterocycles. The van der Waals surface area contributed by atoms with Gasteiger partial charge in [-0.1, -0.05) is 0 Å². The monoisotopic (exact) mass is 284 g/mol. The highest BCUT2D eigenvalue weighted by Gasteiger charge is 2.31. The van der Waals surface area contributed by atoms with Gasteiger partial charge in [0.1, 0.15) is 17.2 Å². The Labute approximate surface area is 115 Å². The second kappa shape index (κ2) is 4.75. The zero-order valence-electron chi connectivity index (χ0n) is 10.7. The van der Waals surface area contributed by atoms with E-state index in [2.05, 4.69) is 11.9 Å². The van der Waals surface area contributed by atoms with Crippen molar-refractivity contribution in [2.24, 2.45) is 5.92 Å². The van der Waals surface area contributed by atoms with Crippen molar-refractivity contribution in [3.63, 3.8) is 0 Å². The average Bonchev–Trinajstić information content (AvgIpc) is 3.12. The minimum atomic E-state index is -0.604. The summed E-state index contributed by atoms with van der Waals surface area (Å²) in [5.41, 5.74) is 0.783. The van der Waals surface area contributed by atoms with Crippen LogP contribution in [0.15, 0.2) is 12.1 Å². The number of hydrogen-bond acceptors (Lipinski definition) is 1. The van der Waals surface area contributed by atoms with E-state index < -0.39 is 11.6 Å². The zero-order chi connectivity index (χ0) is 13.6. The Morgan fingerprint density at radius 3 is 2.79 bits per heavy atom. The third kappa shape index (κ3) is 2.22. The van der Waals surface area contributed by atoms with E-state index in [1.165, 1.54) is 18.9 Å². The molecule has 1 saturated carbocycles. The van der Waals surface area contributed by atoms with Gasteiger partial charge in [0.25, 0.3) is 0 Å². The second-order valence-corrected chi connectivity index (χ2v) is 5.55. The normalized spacial score (nSPS) is 17.1. The molecular formula is C14H15ClF2N2. The Morgan fingerprint density at radius 1 is 1.42 bits per heavy atom. The lowest BCUT2D eigenvalue weighted by Crippen LogP contribution is -2.11. The molecule has 2 aromatic rings. The fourth-order valence-electron chi connectivity index (χ4n) is 2.67. The summed E-state index contributed by atoms with van der Waals surface area (Å²) in [6, 6.07) is 2.46. The molecule has 0 saturated heterocycles. The van der Waals surface area contributed by atoms with Crippen LogP contribution in [0.2, 0.25) is 0 Å². The topological polar surface area (TPSA) is 17.8 Å². The van der Waals surface area contributed by atoms with Crippen molar-refractivity contribution in [2.75, 3.05) is 5.88 Å². The number of aryl methyl sites for hydroxylation is 1. The standard InChI is InChI=1S/C14H15ClF2N2/c1-8(9-2-3-9)19-12-7-10(16)6-11(17)14(12)18-13(19)4-5-15/h6-9H,2-5H2,1H3. The molecule has 0 bridgehead atoms. The number of fused-ring (bicyclic) bond motifs is 1. The van der Waals surface area contributed by atoms with Crippen molar-refractivity contribution in [1.29, 1.82) is 0 Å². The van der Waals surface area contributed by atoms with Crippen LogP contribution in [-0.4, -0.2) is 15.4 Å². The van der Waals surface area contributed by atoms with Crippen molar-refractivity contribution in [3.8, 4) is 0 Å². The molecule has 19 heavy (non-hydrogen) atoms. The number of aromatic nitrogens is 2. The maximum absolute atomic E-state index is 13.8. The lowest BCUT2D eigenvalue weighted by atomic mass is 10.2. The summed E-state index contributed by atoms with van der Waals surface area (Å²) in [4.78, 5) is 4.31. The van der Waals surface area contributed by atoms with Crippen molar-refractivity contribution >= 4 is 22.6 Å². The second-order valence-electron chi connectivity index (χ2n) is 5.17. The smallest absolute Gasteiger partial charge is 0.153 e. The summed E-state index contributed by atoms with van der Waals surface area (Å²) in [5, 5.41) is 0. The first-order valence-corrected chi connectivity index (χ1v) is 7.07. The molecular weight excluding hydrogens is 270 g/mol. The molecule has 1 fully saturated rings. The van der Waals surface area contributed by atoms with Crippen LogP contribution in [0, 0.1) is 17.6 Å². The lowest BCUT2D eigenvalue weighted by Gasteiger charge is -2.16. The SMILES string of the molecule is CC(C1CC1)n1c(CCCl)nc2c(F)cc(F)cc21. The Kier molecular flexibility index (Phi) is 3.21. The molecule has 5 heteroatoms. The molecule has 1 aromatic heterocycles. The number of halogens is 3. The van der Waals surface area contributed by atoms with Crippen molar-refractivity contribution in [1.82, 2.24) is 9.55 Å². The van der Waals surface area contributed by atoms with Crippen LogP contribution in [0.25, 0.3) is 11.0 Å². The largest absolute Gasteiger partial charge is 0.325 e. The van der Waals surface area contributed by atoms with Crippen LogP contribution >= 0.6 is 11.6 Å². The van der Waals surface area contributed by atoms with Crippen LogP contribution in [0.3, 0.4) is 0 Å². The van der Waals surface area contributed by atoms with Gasteiger partial charge in [-0.15, -0.1) is 11.6 Å². The maximum atomic E-state index is 13.8. The molecule has 1 aliphatic carbocycles. The molecule has 0 spiro atoms. The predicted octanol–water partition coefficient (Wildman–Crippen LogP) is 4.07. The molecule has 1 atom stereocenters. The van der Waals surface area contributed by atoms with Gasteiger partial charge in [-0.05, 0) is 31.7 Å². The highest BCUT2D eigenvalue weighted by Crippen LogP contribution is 2.41. The highest BCUT2D eigenvalue weighted by molar-refractivity contribution is 6.17. The van der Waals surface area contributed by atoms with Gasteiger partial charge in [0.2, 0.25) is 0 Å². The van der Waals surface area contributed by atoms with Crippen LogP contribution < -0.4 is 0 Å². The Morgan fingerprint density at radius 2 is 2.16 bits per heavy atom. The number of rotatable bonds is 4. The van der Waals surface area contributed by atoms with Crippen molar-refractivity contribution < 1.29 is 8.78 Å². The molecule has 2 nitrogen and oxygen atoms in total. The Balaban J connectivity index is 2.21. The summed E-state index contributed by atoms with van der Waals surface area (Å²) in [7, 11) is 0. The molecule has 1 unspecified atom stereocenters. The van der Waals surface area contributed by atoms with Crippen LogP contribution in [0.5, 0.6) is 0 Å². The van der Waals surface area contributed by atoms with Crippen molar-refractivity contribution in [2.45, 2.75) is 32.2 Å². The van der Waals surface area contributed by atoms with Crippen LogP contribution in [0.1, 0.15) is 31.6 Å². The minimum Gasteiger partial charge on any atom is -0.325 e. The van der Waals surface area contributed by atoms with E-state index >= 15 is 0 Å². The number of hydrogen-bond donors (Lipinski definition) is 0. The van der Waals surface area contributed by atoms with Gasteiger partial charge < -0.3 is 4.57 Å². The number of benzene rings is 1. The summed E-state index contributed by atoms with van der Waals surface area (Å²) in [5.74, 6) is 0.580. The van der Waals surface area contributed by atoms with Gasteiger partial charge in [-0.3, -0.25) is 0 Å². The summed E-state index contributed by atoms with van der Waals surface area (Å²) in [6.07, 6.45) is 2.90. The van der Waals surface area contributed by atoms with E-state index in [1.54, 1.807) is 0 Å². The third-order valence-electron chi connectivity index (χ3n) is 3.82. The number of imidazole rings is 1. The van der Waals surface area contributed by atoms with Crippen molar-refractivity contribution in [3.05, 3.63) is 29.6 Å². The van der Waals surface area contributed by atoms with E-state index in [-0.39, 0.29) is 11.6 Å². The summed E-state index contributed by atoms with van der Waals surface area (Å²) < 4.78 is 29.2. The van der Waals surface area contributed by atoms with Gasteiger partial charge in [0.15, 0.2) is 5.82 Å². The molecule has 1 aromatic carbocycles. The molecule has 102 valence electrons. The van der Waals surface area contributed by atoms with E-state index in [1.807, 2.05) is 4.57 Å².